The van der Waals surface area contributed by atoms with E-state index in [1.54, 1.807) is 48.1 Å². The molecule has 0 radical (unpaired) electrons. The van der Waals surface area contributed by atoms with Crippen molar-refractivity contribution in [1.29, 1.82) is 0 Å². The fourth-order valence-electron chi connectivity index (χ4n) is 3.78. The second kappa shape index (κ2) is 10.1. The van der Waals surface area contributed by atoms with E-state index in [0.29, 0.717) is 28.7 Å². The fourth-order valence-corrected chi connectivity index (χ4v) is 3.94. The summed E-state index contributed by atoms with van der Waals surface area (Å²) in [5.41, 5.74) is 1.07. The molecular weight excluding hydrogens is 523 g/mol. The van der Waals surface area contributed by atoms with E-state index in [9.17, 15) is 18.0 Å². The molecule has 0 spiro atoms. The normalized spacial score (nSPS) is 11.6. The highest BCUT2D eigenvalue weighted by atomic mass is 35.5. The van der Waals surface area contributed by atoms with Gasteiger partial charge in [0.2, 0.25) is 5.95 Å². The second-order valence-corrected chi connectivity index (χ2v) is 8.76. The van der Waals surface area contributed by atoms with E-state index >= 15 is 0 Å². The van der Waals surface area contributed by atoms with E-state index in [4.69, 9.17) is 16.3 Å². The third-order valence-electron chi connectivity index (χ3n) is 5.60. The number of hydrogen-bond acceptors (Lipinski definition) is 7. The molecule has 0 bridgehead atoms. The lowest BCUT2D eigenvalue weighted by molar-refractivity contribution is -0.137. The molecule has 5 aromatic rings. The number of carbonyl (C=O) groups is 1. The highest BCUT2D eigenvalue weighted by Gasteiger charge is 2.31. The molecule has 38 heavy (non-hydrogen) atoms. The SMILES string of the molecule is Cn1c(Nc2cc(C(F)(F)F)ccc2Cl)nc2cc(Oc3ccnc(CC(=O)Cn4cncn4)c3)ccc21. The quantitative estimate of drug-likeness (QED) is 0.274. The van der Waals surface area contributed by atoms with Crippen molar-refractivity contribution in [2.45, 2.75) is 19.1 Å². The summed E-state index contributed by atoms with van der Waals surface area (Å²) in [5, 5.41) is 6.93. The summed E-state index contributed by atoms with van der Waals surface area (Å²) >= 11 is 6.12. The number of fused-ring (bicyclic) bond motifs is 1. The maximum Gasteiger partial charge on any atom is 0.416 e. The Kier molecular flexibility index (Phi) is 6.72. The van der Waals surface area contributed by atoms with Gasteiger partial charge in [-0.2, -0.15) is 18.3 Å². The van der Waals surface area contributed by atoms with Gasteiger partial charge in [0.05, 0.1) is 39.4 Å². The Bertz CT molecular complexity index is 1620. The molecule has 5 rings (SSSR count). The zero-order chi connectivity index (χ0) is 26.9. The number of benzene rings is 2. The number of ketones is 1. The van der Waals surface area contributed by atoms with Gasteiger partial charge in [0.1, 0.15) is 30.7 Å². The molecule has 13 heteroatoms. The van der Waals surface area contributed by atoms with Gasteiger partial charge in [0, 0.05) is 25.4 Å². The van der Waals surface area contributed by atoms with E-state index in [2.05, 4.69) is 25.4 Å². The minimum absolute atomic E-state index is 0.0825. The number of nitrogens with zero attached hydrogens (tertiary/aromatic N) is 6. The van der Waals surface area contributed by atoms with E-state index < -0.39 is 11.7 Å². The first-order valence-corrected chi connectivity index (χ1v) is 11.6. The summed E-state index contributed by atoms with van der Waals surface area (Å²) in [5.74, 6) is 1.17. The number of rotatable bonds is 8. The maximum atomic E-state index is 13.1. The van der Waals surface area contributed by atoms with Gasteiger partial charge in [-0.05, 0) is 36.4 Å². The molecule has 2 aromatic carbocycles. The standard InChI is InChI=1S/C25H19ClF3N7O2/c1-35-23-5-3-18(38-19-6-7-31-16(10-19)9-17(37)12-36-14-30-13-32-36)11-22(23)34-24(35)33-21-8-15(25(27,28)29)2-4-20(21)26/h2-8,10-11,13-14H,9,12H2,1H3,(H,33,34). The molecule has 194 valence electrons. The van der Waals surface area contributed by atoms with Crippen LogP contribution in [0.2, 0.25) is 5.02 Å². The molecule has 0 saturated heterocycles. The fraction of sp³-hybridized carbons (Fsp3) is 0.160. The second-order valence-electron chi connectivity index (χ2n) is 8.36. The zero-order valence-electron chi connectivity index (χ0n) is 19.8. The van der Waals surface area contributed by atoms with E-state index in [-0.39, 0.29) is 29.5 Å². The van der Waals surface area contributed by atoms with Crippen LogP contribution in [0.3, 0.4) is 0 Å². The number of halogens is 4. The summed E-state index contributed by atoms with van der Waals surface area (Å²) in [6.45, 7) is 0.0885. The van der Waals surface area contributed by atoms with Crippen LogP contribution in [0.1, 0.15) is 11.3 Å². The monoisotopic (exact) mass is 541 g/mol. The number of ether oxygens (including phenoxy) is 1. The van der Waals surface area contributed by atoms with Gasteiger partial charge in [0.15, 0.2) is 5.78 Å². The predicted octanol–water partition coefficient (Wildman–Crippen LogP) is 5.58. The average molecular weight is 542 g/mol. The highest BCUT2D eigenvalue weighted by Crippen LogP contribution is 2.35. The van der Waals surface area contributed by atoms with Gasteiger partial charge < -0.3 is 14.6 Å². The topological polar surface area (TPSA) is 99.8 Å². The maximum absolute atomic E-state index is 13.1. The Hall–Kier alpha value is -4.45. The lowest BCUT2D eigenvalue weighted by Gasteiger charge is -2.12. The molecule has 0 aliphatic carbocycles. The van der Waals surface area contributed by atoms with Crippen LogP contribution in [-0.2, 0) is 31.0 Å². The third-order valence-corrected chi connectivity index (χ3v) is 5.93. The van der Waals surface area contributed by atoms with Gasteiger partial charge in [-0.25, -0.2) is 14.6 Å². The summed E-state index contributed by atoms with van der Waals surface area (Å²) < 4.78 is 48.5. The molecular formula is C25H19ClF3N7O2. The van der Waals surface area contributed by atoms with Gasteiger partial charge in [-0.3, -0.25) is 9.78 Å². The summed E-state index contributed by atoms with van der Waals surface area (Å²) in [7, 11) is 1.73. The average Bonchev–Trinajstić information content (AvgIpc) is 3.47. The number of anilines is 2. The number of aryl methyl sites for hydroxylation is 1. The van der Waals surface area contributed by atoms with Crippen LogP contribution in [0, 0.1) is 0 Å². The number of imidazole rings is 1. The number of alkyl halides is 3. The molecule has 0 fully saturated rings. The van der Waals surface area contributed by atoms with Crippen LogP contribution in [0.5, 0.6) is 11.5 Å². The van der Waals surface area contributed by atoms with E-state index in [0.717, 1.165) is 17.6 Å². The minimum atomic E-state index is -4.50. The molecule has 0 aliphatic heterocycles. The number of Topliss-reactive ketones (excluding diaryl/α,β-unsaturated/α-hetero) is 1. The van der Waals surface area contributed by atoms with Crippen molar-refractivity contribution in [2.75, 3.05) is 5.32 Å². The van der Waals surface area contributed by atoms with Crippen LogP contribution in [0.15, 0.2) is 67.4 Å². The Balaban J connectivity index is 1.33. The van der Waals surface area contributed by atoms with E-state index in [1.165, 1.54) is 23.4 Å². The summed E-state index contributed by atoms with van der Waals surface area (Å²) in [6, 6.07) is 11.6. The summed E-state index contributed by atoms with van der Waals surface area (Å²) in [6.07, 6.45) is -0.0281. The molecule has 0 saturated carbocycles. The molecule has 0 aliphatic rings. The molecule has 1 N–H and O–H groups in total. The van der Waals surface area contributed by atoms with Crippen molar-refractivity contribution in [3.8, 4) is 11.5 Å². The number of carbonyl (C=O) groups excluding carboxylic acids is 1. The smallest absolute Gasteiger partial charge is 0.416 e. The van der Waals surface area contributed by atoms with Crippen LogP contribution >= 0.6 is 11.6 Å². The van der Waals surface area contributed by atoms with Crippen molar-refractivity contribution in [3.05, 3.63) is 83.7 Å². The van der Waals surface area contributed by atoms with Gasteiger partial charge in [0.25, 0.3) is 0 Å². The minimum Gasteiger partial charge on any atom is -0.457 e. The number of hydrogen-bond donors (Lipinski definition) is 1. The number of pyridine rings is 1. The van der Waals surface area contributed by atoms with E-state index in [1.807, 2.05) is 0 Å². The molecule has 0 unspecified atom stereocenters. The number of aromatic nitrogens is 6. The Morgan fingerprint density at radius 2 is 1.92 bits per heavy atom. The summed E-state index contributed by atoms with van der Waals surface area (Å²) in [4.78, 5) is 24.8. The zero-order valence-corrected chi connectivity index (χ0v) is 20.5. The van der Waals surface area contributed by atoms with Crippen LogP contribution in [-0.4, -0.2) is 35.1 Å². The highest BCUT2D eigenvalue weighted by molar-refractivity contribution is 6.33. The predicted molar refractivity (Wildman–Crippen MR) is 133 cm³/mol. The first kappa shape index (κ1) is 25.2. The van der Waals surface area contributed by atoms with Crippen molar-refractivity contribution >= 4 is 40.1 Å². The lowest BCUT2D eigenvalue weighted by Crippen LogP contribution is -2.13. The van der Waals surface area contributed by atoms with Crippen molar-refractivity contribution in [3.63, 3.8) is 0 Å². The Morgan fingerprint density at radius 1 is 1.11 bits per heavy atom. The Morgan fingerprint density at radius 3 is 2.68 bits per heavy atom. The first-order valence-electron chi connectivity index (χ1n) is 11.2. The van der Waals surface area contributed by atoms with Crippen molar-refractivity contribution in [1.82, 2.24) is 29.3 Å². The van der Waals surface area contributed by atoms with Crippen LogP contribution < -0.4 is 10.1 Å². The van der Waals surface area contributed by atoms with Gasteiger partial charge in [-0.15, -0.1) is 0 Å². The van der Waals surface area contributed by atoms with Gasteiger partial charge >= 0.3 is 6.18 Å². The van der Waals surface area contributed by atoms with Crippen molar-refractivity contribution < 1.29 is 22.7 Å². The molecule has 9 nitrogen and oxygen atoms in total. The number of nitrogens with one attached hydrogen (secondary N) is 1. The van der Waals surface area contributed by atoms with Gasteiger partial charge in [-0.1, -0.05) is 11.6 Å². The molecule has 3 aromatic heterocycles. The molecule has 3 heterocycles. The van der Waals surface area contributed by atoms with Crippen LogP contribution in [0.25, 0.3) is 11.0 Å². The molecule has 0 atom stereocenters. The Labute approximate surface area is 218 Å². The first-order chi connectivity index (χ1) is 18.2. The lowest BCUT2D eigenvalue weighted by atomic mass is 10.2. The largest absolute Gasteiger partial charge is 0.457 e. The third kappa shape index (κ3) is 5.59. The van der Waals surface area contributed by atoms with Crippen molar-refractivity contribution in [2.24, 2.45) is 7.05 Å². The molecule has 0 amide bonds. The van der Waals surface area contributed by atoms with Crippen LogP contribution in [0.4, 0.5) is 24.8 Å².